The predicted molar refractivity (Wildman–Crippen MR) is 76.9 cm³/mol. The van der Waals surface area contributed by atoms with E-state index in [1.165, 1.54) is 11.3 Å². The maximum Gasteiger partial charge on any atom is 0.387 e. The molecule has 2 heterocycles. The summed E-state index contributed by atoms with van der Waals surface area (Å²) in [6.07, 6.45) is 3.97. The summed E-state index contributed by atoms with van der Waals surface area (Å²) < 4.78 is 3.95. The maximum atomic E-state index is 6.12. The van der Waals surface area contributed by atoms with Crippen LogP contribution in [0.1, 0.15) is 33.3 Å². The molecule has 3 rings (SSSR count). The molecule has 2 aromatic rings. The number of fused-ring (bicyclic) bond motifs is 2. The van der Waals surface area contributed by atoms with Gasteiger partial charge in [-0.1, -0.05) is 18.2 Å². The van der Waals surface area contributed by atoms with Crippen molar-refractivity contribution in [1.29, 1.82) is 0 Å². The average molecular weight is 257 g/mol. The van der Waals surface area contributed by atoms with E-state index >= 15 is 0 Å². The minimum absolute atomic E-state index is 0.0953. The first-order valence-electron chi connectivity index (χ1n) is 6.72. The summed E-state index contributed by atoms with van der Waals surface area (Å²) >= 11 is 0. The highest BCUT2D eigenvalue weighted by Crippen LogP contribution is 2.43. The van der Waals surface area contributed by atoms with Gasteiger partial charge in [-0.15, -0.1) is 4.68 Å². The van der Waals surface area contributed by atoms with Gasteiger partial charge >= 0.3 is 5.95 Å². The topological polar surface area (TPSA) is 38.1 Å². The molecule has 1 aliphatic heterocycles. The summed E-state index contributed by atoms with van der Waals surface area (Å²) in [5, 5.41) is 0. The molecule has 0 fully saturated rings. The van der Waals surface area contributed by atoms with E-state index in [9.17, 15) is 0 Å². The largest absolute Gasteiger partial charge is 0.387 e. The number of rotatable bonds is 1. The van der Waals surface area contributed by atoms with Gasteiger partial charge in [0.15, 0.2) is 0 Å². The lowest BCUT2D eigenvalue weighted by atomic mass is 9.89. The van der Waals surface area contributed by atoms with E-state index in [1.54, 1.807) is 4.68 Å². The quantitative estimate of drug-likeness (QED) is 0.628. The molecule has 0 atom stereocenters. The molecule has 0 saturated heterocycles. The minimum Gasteiger partial charge on any atom is -0.289 e. The average Bonchev–Trinajstić information content (AvgIpc) is 2.73. The van der Waals surface area contributed by atoms with Crippen LogP contribution in [0.4, 0.5) is 11.6 Å². The van der Waals surface area contributed by atoms with E-state index in [0.29, 0.717) is 6.04 Å². The van der Waals surface area contributed by atoms with Crippen molar-refractivity contribution in [3.63, 3.8) is 0 Å². The van der Waals surface area contributed by atoms with E-state index in [1.807, 2.05) is 6.20 Å². The number of hydrogen-bond donors (Lipinski definition) is 1. The van der Waals surface area contributed by atoms with Crippen LogP contribution in [-0.4, -0.2) is 10.6 Å². The zero-order valence-corrected chi connectivity index (χ0v) is 12.0. The predicted octanol–water partition coefficient (Wildman–Crippen LogP) is 2.13. The van der Waals surface area contributed by atoms with Crippen molar-refractivity contribution < 1.29 is 4.68 Å². The molecule has 1 aliphatic rings. The number of aromatic nitrogens is 2. The highest BCUT2D eigenvalue weighted by atomic mass is 15.5. The molecule has 0 amide bonds. The molecule has 1 aromatic carbocycles. The Morgan fingerprint density at radius 2 is 1.89 bits per heavy atom. The second-order valence-electron chi connectivity index (χ2n) is 5.92. The van der Waals surface area contributed by atoms with Gasteiger partial charge < -0.3 is 0 Å². The Bertz CT molecular complexity index is 625. The number of anilines is 2. The van der Waals surface area contributed by atoms with Gasteiger partial charge in [0, 0.05) is 5.56 Å². The second kappa shape index (κ2) is 3.76. The normalized spacial score (nSPS) is 16.4. The molecule has 0 radical (unpaired) electrons. The van der Waals surface area contributed by atoms with Crippen molar-refractivity contribution in [2.75, 3.05) is 10.7 Å². The van der Waals surface area contributed by atoms with Crippen molar-refractivity contribution in [1.82, 2.24) is 4.57 Å². The Morgan fingerprint density at radius 3 is 2.58 bits per heavy atom. The lowest BCUT2D eigenvalue weighted by Gasteiger charge is -2.37. The first-order valence-corrected chi connectivity index (χ1v) is 6.72. The van der Waals surface area contributed by atoms with Crippen molar-refractivity contribution in [3.05, 3.63) is 42.2 Å². The van der Waals surface area contributed by atoms with Crippen LogP contribution in [-0.2, 0) is 5.54 Å². The third-order valence-corrected chi connectivity index (χ3v) is 3.98. The number of nitrogens with two attached hydrogens (primary N) is 1. The Balaban J connectivity index is 2.35. The Morgan fingerprint density at radius 1 is 1.21 bits per heavy atom. The van der Waals surface area contributed by atoms with Crippen LogP contribution in [0.3, 0.4) is 0 Å². The molecule has 0 spiro atoms. The second-order valence-corrected chi connectivity index (χ2v) is 5.92. The molecule has 4 heteroatoms. The van der Waals surface area contributed by atoms with Gasteiger partial charge in [-0.25, -0.2) is 9.47 Å². The standard InChI is InChI=1S/C15H21N4/c1-11(2)19-13-8-6-5-7-12(13)15(3,4)17-9-10-18(16)14(17)19/h5-11H,16H2,1-4H3/q+1. The molecule has 1 aromatic heterocycles. The Labute approximate surface area is 114 Å². The summed E-state index contributed by atoms with van der Waals surface area (Å²) in [4.78, 5) is 2.29. The van der Waals surface area contributed by atoms with Gasteiger partial charge in [0.25, 0.3) is 0 Å². The number of nitrogens with zero attached hydrogens (tertiary/aromatic N) is 3. The lowest BCUT2D eigenvalue weighted by molar-refractivity contribution is -0.625. The van der Waals surface area contributed by atoms with E-state index in [4.69, 9.17) is 5.84 Å². The Hall–Kier alpha value is -1.97. The molecule has 0 saturated carbocycles. The highest BCUT2D eigenvalue weighted by molar-refractivity contribution is 5.67. The van der Waals surface area contributed by atoms with Crippen molar-refractivity contribution in [2.24, 2.45) is 0 Å². The van der Waals surface area contributed by atoms with E-state index in [-0.39, 0.29) is 5.54 Å². The molecule has 2 N–H and O–H groups in total. The number of hydrogen-bond acceptors (Lipinski definition) is 2. The first kappa shape index (κ1) is 12.1. The van der Waals surface area contributed by atoms with Crippen molar-refractivity contribution in [2.45, 2.75) is 39.3 Å². The molecule has 19 heavy (non-hydrogen) atoms. The third kappa shape index (κ3) is 1.49. The molecule has 100 valence electrons. The molecule has 0 unspecified atom stereocenters. The minimum atomic E-state index is -0.0953. The summed E-state index contributed by atoms with van der Waals surface area (Å²) in [7, 11) is 0. The van der Waals surface area contributed by atoms with Crippen molar-refractivity contribution in [3.8, 4) is 0 Å². The number of imidazole rings is 1. The number of benzene rings is 1. The van der Waals surface area contributed by atoms with Gasteiger partial charge in [-0.05, 0) is 33.8 Å². The highest BCUT2D eigenvalue weighted by Gasteiger charge is 2.44. The van der Waals surface area contributed by atoms with E-state index < -0.39 is 0 Å². The van der Waals surface area contributed by atoms with Crippen molar-refractivity contribution >= 4 is 11.6 Å². The van der Waals surface area contributed by atoms with Gasteiger partial charge in [-0.3, -0.25) is 5.84 Å². The van der Waals surface area contributed by atoms with Crippen LogP contribution >= 0.6 is 0 Å². The summed E-state index contributed by atoms with van der Waals surface area (Å²) in [5.74, 6) is 7.15. The smallest absolute Gasteiger partial charge is 0.289 e. The Kier molecular flexibility index (Phi) is 2.39. The number of para-hydroxylation sites is 1. The van der Waals surface area contributed by atoms with Gasteiger partial charge in [-0.2, -0.15) is 0 Å². The van der Waals surface area contributed by atoms with Crippen LogP contribution in [0.15, 0.2) is 36.7 Å². The van der Waals surface area contributed by atoms with Gasteiger partial charge in [0.05, 0.1) is 6.04 Å². The fraction of sp³-hybridized carbons (Fsp3) is 0.400. The number of nitrogen functional groups attached to an aromatic ring is 1. The van der Waals surface area contributed by atoms with Crippen LogP contribution in [0.25, 0.3) is 0 Å². The van der Waals surface area contributed by atoms with Crippen LogP contribution < -0.4 is 15.4 Å². The van der Waals surface area contributed by atoms with Crippen LogP contribution in [0.5, 0.6) is 0 Å². The molecule has 0 bridgehead atoms. The zero-order chi connectivity index (χ0) is 13.8. The summed E-state index contributed by atoms with van der Waals surface area (Å²) in [6.45, 7) is 8.83. The zero-order valence-electron chi connectivity index (χ0n) is 12.0. The maximum absolute atomic E-state index is 6.12. The summed E-state index contributed by atoms with van der Waals surface area (Å²) in [6, 6.07) is 8.91. The molecule has 4 nitrogen and oxygen atoms in total. The fourth-order valence-corrected chi connectivity index (χ4v) is 3.02. The van der Waals surface area contributed by atoms with Crippen LogP contribution in [0.2, 0.25) is 0 Å². The fourth-order valence-electron chi connectivity index (χ4n) is 3.02. The monoisotopic (exact) mass is 257 g/mol. The van der Waals surface area contributed by atoms with Gasteiger partial charge in [0.2, 0.25) is 0 Å². The van der Waals surface area contributed by atoms with E-state index in [2.05, 4.69) is 67.6 Å². The molecular formula is C15H21N4+. The van der Waals surface area contributed by atoms with E-state index in [0.717, 1.165) is 5.95 Å². The first-order chi connectivity index (χ1) is 8.94. The lowest BCUT2D eigenvalue weighted by Crippen LogP contribution is -2.53. The van der Waals surface area contributed by atoms with Gasteiger partial charge in [0.1, 0.15) is 23.6 Å². The SMILES string of the molecule is CC(C)N1c2ccccc2C(C)(C)n2cc[n+](N)c21. The van der Waals surface area contributed by atoms with Crippen LogP contribution in [0, 0.1) is 0 Å². The third-order valence-electron chi connectivity index (χ3n) is 3.98. The molecule has 0 aliphatic carbocycles. The summed E-state index contributed by atoms with van der Waals surface area (Å²) in [5.41, 5.74) is 2.47. The molecular weight excluding hydrogens is 236 g/mol.